The standard InChI is InChI=1S/C15H14BrN.C10H9BrN2.C5H10O.C2H4O2/c1-9-15(2,3)12-8-13(16)10-6-4-5-7-11(10)14(12)17-9;11-9-5-6-10(13-12)8-4-2-1-3-7(8)9;1-4(2)5(3)6;1-2(3)4/h4-8H,1-3H3;1-6,13H,12H2;4H,1-3H3;1H3,(H,3,4). The fourth-order valence-electron chi connectivity index (χ4n) is 3.80. The molecule has 0 saturated carbocycles. The van der Waals surface area contributed by atoms with Gasteiger partial charge in [0.2, 0.25) is 0 Å². The van der Waals surface area contributed by atoms with Crippen LogP contribution >= 0.6 is 31.9 Å². The zero-order chi connectivity index (χ0) is 30.2. The molecule has 0 fully saturated rings. The van der Waals surface area contributed by atoms with Crippen molar-refractivity contribution < 1.29 is 14.7 Å². The van der Waals surface area contributed by atoms with Crippen molar-refractivity contribution in [2.24, 2.45) is 16.8 Å². The molecule has 212 valence electrons. The summed E-state index contributed by atoms with van der Waals surface area (Å²) in [4.78, 5) is 23.9. The quantitative estimate of drug-likeness (QED) is 0.146. The number of nitrogen functional groups attached to an aromatic ring is 1. The minimum absolute atomic E-state index is 0.0435. The number of hydrogen-bond donors (Lipinski definition) is 3. The molecule has 1 heterocycles. The van der Waals surface area contributed by atoms with E-state index in [4.69, 9.17) is 20.7 Å². The number of carbonyl (C=O) groups is 2. The van der Waals surface area contributed by atoms with Crippen molar-refractivity contribution in [1.29, 1.82) is 0 Å². The number of hydrazine groups is 1. The largest absolute Gasteiger partial charge is 0.481 e. The van der Waals surface area contributed by atoms with E-state index in [1.807, 2.05) is 44.2 Å². The summed E-state index contributed by atoms with van der Waals surface area (Å²) >= 11 is 7.16. The summed E-state index contributed by atoms with van der Waals surface area (Å²) in [6.07, 6.45) is 0. The lowest BCUT2D eigenvalue weighted by molar-refractivity contribution is -0.134. The Hall–Kier alpha value is -3.07. The van der Waals surface area contributed by atoms with Crippen LogP contribution in [0, 0.1) is 5.92 Å². The van der Waals surface area contributed by atoms with Gasteiger partial charge in [-0.1, -0.05) is 108 Å². The van der Waals surface area contributed by atoms with Crippen molar-refractivity contribution in [1.82, 2.24) is 0 Å². The van der Waals surface area contributed by atoms with E-state index < -0.39 is 5.97 Å². The van der Waals surface area contributed by atoms with Gasteiger partial charge in [-0.15, -0.1) is 0 Å². The molecule has 0 saturated heterocycles. The van der Waals surface area contributed by atoms with Gasteiger partial charge in [-0.25, -0.2) is 0 Å². The third-order valence-corrected chi connectivity index (χ3v) is 8.01. The maximum atomic E-state index is 10.1. The Balaban J connectivity index is 0.000000215. The molecular formula is C32H37Br2N3O3. The van der Waals surface area contributed by atoms with Crippen molar-refractivity contribution in [3.05, 3.63) is 81.2 Å². The number of fused-ring (bicyclic) bond motifs is 4. The van der Waals surface area contributed by atoms with Gasteiger partial charge in [-0.3, -0.25) is 20.4 Å². The summed E-state index contributed by atoms with van der Waals surface area (Å²) in [5.74, 6) is 5.04. The van der Waals surface area contributed by atoms with Gasteiger partial charge >= 0.3 is 0 Å². The smallest absolute Gasteiger partial charge is 0.300 e. The topological polar surface area (TPSA) is 105 Å². The molecule has 0 aromatic heterocycles. The van der Waals surface area contributed by atoms with Crippen LogP contribution in [0.2, 0.25) is 0 Å². The van der Waals surface area contributed by atoms with E-state index in [0.29, 0.717) is 0 Å². The zero-order valence-electron chi connectivity index (χ0n) is 24.0. The number of carboxylic acids is 1. The summed E-state index contributed by atoms with van der Waals surface area (Å²) in [6, 6.07) is 22.7. The van der Waals surface area contributed by atoms with Crippen molar-refractivity contribution in [3.63, 3.8) is 0 Å². The van der Waals surface area contributed by atoms with Crippen LogP contribution in [0.5, 0.6) is 0 Å². The molecule has 4 N–H and O–H groups in total. The van der Waals surface area contributed by atoms with Crippen LogP contribution in [0.1, 0.15) is 54.0 Å². The second-order valence-corrected chi connectivity index (χ2v) is 11.9. The fraction of sp³-hybridized carbons (Fsp3) is 0.281. The van der Waals surface area contributed by atoms with E-state index in [0.717, 1.165) is 38.0 Å². The Bertz CT molecular complexity index is 1540. The Kier molecular flexibility index (Phi) is 12.0. The molecule has 1 aliphatic heterocycles. The number of benzene rings is 4. The highest BCUT2D eigenvalue weighted by Crippen LogP contribution is 2.46. The van der Waals surface area contributed by atoms with Crippen molar-refractivity contribution in [2.45, 2.75) is 53.9 Å². The van der Waals surface area contributed by atoms with E-state index >= 15 is 0 Å². The predicted molar refractivity (Wildman–Crippen MR) is 176 cm³/mol. The molecule has 0 spiro atoms. The molecule has 0 atom stereocenters. The van der Waals surface area contributed by atoms with Crippen molar-refractivity contribution in [3.8, 4) is 0 Å². The van der Waals surface area contributed by atoms with Crippen molar-refractivity contribution >= 4 is 82.2 Å². The highest BCUT2D eigenvalue weighted by Gasteiger charge is 2.33. The van der Waals surface area contributed by atoms with Crippen LogP contribution in [-0.2, 0) is 15.0 Å². The monoisotopic (exact) mass is 669 g/mol. The average molecular weight is 671 g/mol. The summed E-state index contributed by atoms with van der Waals surface area (Å²) < 4.78 is 2.24. The summed E-state index contributed by atoms with van der Waals surface area (Å²) in [6.45, 7) is 13.1. The van der Waals surface area contributed by atoms with Crippen LogP contribution in [0.3, 0.4) is 0 Å². The number of carbonyl (C=O) groups excluding carboxylic acids is 1. The van der Waals surface area contributed by atoms with Crippen molar-refractivity contribution in [2.75, 3.05) is 5.43 Å². The molecule has 6 nitrogen and oxygen atoms in total. The summed E-state index contributed by atoms with van der Waals surface area (Å²) in [7, 11) is 0. The third kappa shape index (κ3) is 8.22. The first kappa shape index (κ1) is 33.1. The Morgan fingerprint density at radius 3 is 1.80 bits per heavy atom. The van der Waals surface area contributed by atoms with E-state index in [1.165, 1.54) is 22.0 Å². The van der Waals surface area contributed by atoms with E-state index in [-0.39, 0.29) is 17.1 Å². The lowest BCUT2D eigenvalue weighted by atomic mass is 9.81. The Morgan fingerprint density at radius 1 is 0.875 bits per heavy atom. The van der Waals surface area contributed by atoms with E-state index in [9.17, 15) is 4.79 Å². The number of rotatable bonds is 2. The van der Waals surface area contributed by atoms with Gasteiger partial charge in [0.1, 0.15) is 5.78 Å². The number of aliphatic imine (C=N–C) groups is 1. The molecule has 0 radical (unpaired) electrons. The number of nitrogens with two attached hydrogens (primary N) is 1. The molecular weight excluding hydrogens is 634 g/mol. The Morgan fingerprint density at radius 2 is 1.32 bits per heavy atom. The van der Waals surface area contributed by atoms with Crippen LogP contribution in [0.25, 0.3) is 21.5 Å². The maximum Gasteiger partial charge on any atom is 0.300 e. The first-order valence-corrected chi connectivity index (χ1v) is 14.4. The molecule has 0 unspecified atom stereocenters. The second-order valence-electron chi connectivity index (χ2n) is 10.2. The highest BCUT2D eigenvalue weighted by atomic mass is 79.9. The number of nitrogens with zero attached hydrogens (tertiary/aromatic N) is 1. The van der Waals surface area contributed by atoms with E-state index in [1.54, 1.807) is 6.92 Å². The maximum absolute atomic E-state index is 10.1. The highest BCUT2D eigenvalue weighted by molar-refractivity contribution is 9.11. The van der Waals surface area contributed by atoms with Crippen LogP contribution in [0.4, 0.5) is 11.4 Å². The molecule has 1 aliphatic rings. The first-order chi connectivity index (χ1) is 18.7. The van der Waals surface area contributed by atoms with Crippen LogP contribution < -0.4 is 11.3 Å². The molecule has 5 rings (SSSR count). The molecule has 4 aromatic carbocycles. The lowest BCUT2D eigenvalue weighted by Gasteiger charge is -2.20. The predicted octanol–water partition coefficient (Wildman–Crippen LogP) is 9.20. The third-order valence-electron chi connectivity index (χ3n) is 6.66. The van der Waals surface area contributed by atoms with Gasteiger partial charge in [0, 0.05) is 43.7 Å². The molecule has 40 heavy (non-hydrogen) atoms. The number of ketones is 1. The van der Waals surface area contributed by atoms with Gasteiger partial charge in [0.25, 0.3) is 5.97 Å². The van der Waals surface area contributed by atoms with Gasteiger partial charge in [-0.2, -0.15) is 0 Å². The minimum Gasteiger partial charge on any atom is -0.481 e. The number of anilines is 1. The average Bonchev–Trinajstić information content (AvgIpc) is 3.13. The number of halogens is 2. The number of hydrogen-bond acceptors (Lipinski definition) is 5. The number of aliphatic carboxylic acids is 1. The van der Waals surface area contributed by atoms with Gasteiger partial charge < -0.3 is 10.5 Å². The fourth-order valence-corrected chi connectivity index (χ4v) is 4.86. The van der Waals surface area contributed by atoms with Gasteiger partial charge in [0.05, 0.1) is 11.4 Å². The second kappa shape index (κ2) is 14.5. The molecule has 0 bridgehead atoms. The summed E-state index contributed by atoms with van der Waals surface area (Å²) in [5, 5.41) is 12.2. The zero-order valence-corrected chi connectivity index (χ0v) is 27.1. The molecule has 0 aliphatic carbocycles. The number of carboxylic acid groups (broad SMARTS) is 1. The molecule has 8 heteroatoms. The molecule has 0 amide bonds. The Labute approximate surface area is 253 Å². The lowest BCUT2D eigenvalue weighted by Crippen LogP contribution is -2.22. The number of nitrogens with one attached hydrogen (secondary N) is 1. The van der Waals surface area contributed by atoms with Crippen LogP contribution in [-0.4, -0.2) is 22.6 Å². The van der Waals surface area contributed by atoms with Gasteiger partial charge in [0.15, 0.2) is 0 Å². The van der Waals surface area contributed by atoms with Gasteiger partial charge in [-0.05, 0) is 48.4 Å². The first-order valence-electron chi connectivity index (χ1n) is 12.8. The molecule has 4 aromatic rings. The number of Topliss-reactive ketones (excluding diaryl/α,β-unsaturated/α-hetero) is 1. The SMILES string of the molecule is CC(=O)C(C)C.CC(=O)O.CC1=Nc2c(cc(Br)c3ccccc23)C1(C)C.NNc1ccc(Br)c2ccccc12. The normalized spacial score (nSPS) is 12.6. The van der Waals surface area contributed by atoms with E-state index in [2.05, 4.69) is 94.5 Å². The van der Waals surface area contributed by atoms with Crippen LogP contribution in [0.15, 0.2) is 80.7 Å². The minimum atomic E-state index is -0.833. The summed E-state index contributed by atoms with van der Waals surface area (Å²) in [5.41, 5.74) is 7.32.